The Morgan fingerprint density at radius 2 is 1.88 bits per heavy atom. The van der Waals surface area contributed by atoms with Gasteiger partial charge in [0.15, 0.2) is 0 Å². The average Bonchev–Trinajstić information content (AvgIpc) is 2.63. The van der Waals surface area contributed by atoms with Crippen molar-refractivity contribution < 1.29 is 14.3 Å². The van der Waals surface area contributed by atoms with E-state index in [2.05, 4.69) is 13.8 Å². The largest absolute Gasteiger partial charge is 0.376 e. The Kier molecular flexibility index (Phi) is 9.57. The van der Waals surface area contributed by atoms with Gasteiger partial charge in [0, 0.05) is 26.2 Å². The highest BCUT2D eigenvalue weighted by Crippen LogP contribution is 2.29. The molecule has 0 saturated carbocycles. The van der Waals surface area contributed by atoms with Gasteiger partial charge in [0.05, 0.1) is 24.2 Å². The van der Waals surface area contributed by atoms with Crippen LogP contribution >= 0.6 is 12.4 Å². The van der Waals surface area contributed by atoms with Crippen molar-refractivity contribution in [2.24, 2.45) is 11.1 Å². The molecule has 0 spiro atoms. The molecule has 0 aliphatic carbocycles. The van der Waals surface area contributed by atoms with E-state index in [4.69, 9.17) is 15.2 Å². The third-order valence-corrected chi connectivity index (χ3v) is 5.72. The van der Waals surface area contributed by atoms with E-state index in [-0.39, 0.29) is 35.9 Å². The first-order chi connectivity index (χ1) is 11.1. The Morgan fingerprint density at radius 1 is 1.21 bits per heavy atom. The minimum atomic E-state index is -0.371. The van der Waals surface area contributed by atoms with Gasteiger partial charge in [0.2, 0.25) is 5.91 Å². The molecule has 0 radical (unpaired) electrons. The number of ether oxygens (including phenoxy) is 2. The van der Waals surface area contributed by atoms with E-state index in [1.54, 1.807) is 0 Å². The molecule has 1 unspecified atom stereocenters. The standard InChI is InChI=1S/C18H34N2O3.ClH/c1-3-18(4-2,14-19)17(21)20-10-8-15(9-11-20)23-13-16-7-5-6-12-22-16;/h15-16H,3-14,19H2,1-2H3;1H. The van der Waals surface area contributed by atoms with Crippen LogP contribution in [0, 0.1) is 5.41 Å². The SMILES string of the molecule is CCC(CC)(CN)C(=O)N1CCC(OCC2CCCCO2)CC1.Cl. The molecule has 2 rings (SSSR count). The molecule has 0 aromatic heterocycles. The zero-order valence-corrected chi connectivity index (χ0v) is 16.1. The molecule has 24 heavy (non-hydrogen) atoms. The van der Waals surface area contributed by atoms with Crippen LogP contribution in [0.1, 0.15) is 58.8 Å². The van der Waals surface area contributed by atoms with Crippen molar-refractivity contribution in [1.82, 2.24) is 4.90 Å². The van der Waals surface area contributed by atoms with Gasteiger partial charge in [-0.2, -0.15) is 0 Å². The van der Waals surface area contributed by atoms with Crippen LogP contribution in [0.5, 0.6) is 0 Å². The number of carbonyl (C=O) groups is 1. The summed E-state index contributed by atoms with van der Waals surface area (Å²) in [6.45, 7) is 7.72. The quantitative estimate of drug-likeness (QED) is 0.756. The molecule has 1 atom stereocenters. The second kappa shape index (κ2) is 10.6. The smallest absolute Gasteiger partial charge is 0.230 e. The number of halogens is 1. The van der Waals surface area contributed by atoms with Gasteiger partial charge in [0.25, 0.3) is 0 Å². The first-order valence-electron chi connectivity index (χ1n) is 9.38. The number of amides is 1. The topological polar surface area (TPSA) is 64.8 Å². The van der Waals surface area contributed by atoms with Crippen LogP contribution in [0.3, 0.4) is 0 Å². The maximum Gasteiger partial charge on any atom is 0.230 e. The zero-order chi connectivity index (χ0) is 16.7. The number of likely N-dealkylation sites (tertiary alicyclic amines) is 1. The molecule has 0 aromatic rings. The van der Waals surface area contributed by atoms with Gasteiger partial charge in [-0.3, -0.25) is 4.79 Å². The maximum atomic E-state index is 12.8. The summed E-state index contributed by atoms with van der Waals surface area (Å²) in [5.74, 6) is 0.235. The molecule has 2 saturated heterocycles. The molecule has 2 aliphatic rings. The van der Waals surface area contributed by atoms with E-state index >= 15 is 0 Å². The molecular weight excluding hydrogens is 328 g/mol. The number of carbonyl (C=O) groups excluding carboxylic acids is 1. The fourth-order valence-electron chi connectivity index (χ4n) is 3.67. The number of rotatable bonds is 7. The molecular formula is C18H35ClN2O3. The summed E-state index contributed by atoms with van der Waals surface area (Å²) in [7, 11) is 0. The summed E-state index contributed by atoms with van der Waals surface area (Å²) in [4.78, 5) is 14.8. The lowest BCUT2D eigenvalue weighted by Gasteiger charge is -2.39. The predicted molar refractivity (Wildman–Crippen MR) is 98.5 cm³/mol. The van der Waals surface area contributed by atoms with Crippen LogP contribution < -0.4 is 5.73 Å². The van der Waals surface area contributed by atoms with E-state index in [1.165, 1.54) is 12.8 Å². The van der Waals surface area contributed by atoms with Gasteiger partial charge in [-0.05, 0) is 44.9 Å². The lowest BCUT2D eigenvalue weighted by molar-refractivity contribution is -0.145. The van der Waals surface area contributed by atoms with Crippen LogP contribution in [-0.4, -0.2) is 55.9 Å². The van der Waals surface area contributed by atoms with Gasteiger partial charge >= 0.3 is 0 Å². The lowest BCUT2D eigenvalue weighted by Crippen LogP contribution is -2.51. The van der Waals surface area contributed by atoms with Gasteiger partial charge in [-0.1, -0.05) is 13.8 Å². The van der Waals surface area contributed by atoms with Crippen molar-refractivity contribution in [3.8, 4) is 0 Å². The maximum absolute atomic E-state index is 12.8. The first-order valence-corrected chi connectivity index (χ1v) is 9.38. The van der Waals surface area contributed by atoms with Crippen molar-refractivity contribution in [1.29, 1.82) is 0 Å². The number of nitrogens with zero attached hydrogens (tertiary/aromatic N) is 1. The van der Waals surface area contributed by atoms with Crippen molar-refractivity contribution in [2.75, 3.05) is 32.8 Å². The number of hydrogen-bond donors (Lipinski definition) is 1. The molecule has 0 bridgehead atoms. The lowest BCUT2D eigenvalue weighted by atomic mass is 9.80. The number of hydrogen-bond acceptors (Lipinski definition) is 4. The molecule has 1 amide bonds. The van der Waals surface area contributed by atoms with E-state index in [0.717, 1.165) is 51.8 Å². The minimum absolute atomic E-state index is 0. The summed E-state index contributed by atoms with van der Waals surface area (Å²) in [5, 5.41) is 0. The highest BCUT2D eigenvalue weighted by molar-refractivity contribution is 5.85. The molecule has 0 aromatic carbocycles. The Labute approximate surface area is 153 Å². The fraction of sp³-hybridized carbons (Fsp3) is 0.944. The predicted octanol–water partition coefficient (Wildman–Crippen LogP) is 2.75. The van der Waals surface area contributed by atoms with Crippen LogP contribution in [0.2, 0.25) is 0 Å². The highest BCUT2D eigenvalue weighted by atomic mass is 35.5. The van der Waals surface area contributed by atoms with Crippen LogP contribution in [-0.2, 0) is 14.3 Å². The van der Waals surface area contributed by atoms with Gasteiger partial charge in [0.1, 0.15) is 0 Å². The molecule has 142 valence electrons. The second-order valence-electron chi connectivity index (χ2n) is 7.01. The molecule has 6 heteroatoms. The molecule has 2 aliphatic heterocycles. The molecule has 2 fully saturated rings. The van der Waals surface area contributed by atoms with Gasteiger partial charge in [-0.15, -0.1) is 12.4 Å². The van der Waals surface area contributed by atoms with Crippen LogP contribution in [0.25, 0.3) is 0 Å². The van der Waals surface area contributed by atoms with Crippen LogP contribution in [0.15, 0.2) is 0 Å². The second-order valence-corrected chi connectivity index (χ2v) is 7.01. The molecule has 5 nitrogen and oxygen atoms in total. The first kappa shape index (κ1) is 21.7. The van der Waals surface area contributed by atoms with E-state index in [0.29, 0.717) is 13.2 Å². The van der Waals surface area contributed by atoms with Gasteiger partial charge in [-0.25, -0.2) is 0 Å². The monoisotopic (exact) mass is 362 g/mol. The average molecular weight is 363 g/mol. The zero-order valence-electron chi connectivity index (χ0n) is 15.3. The summed E-state index contributed by atoms with van der Waals surface area (Å²) >= 11 is 0. The summed E-state index contributed by atoms with van der Waals surface area (Å²) in [6, 6.07) is 0. The van der Waals surface area contributed by atoms with Crippen molar-refractivity contribution in [2.45, 2.75) is 71.0 Å². The fourth-order valence-corrected chi connectivity index (χ4v) is 3.67. The highest BCUT2D eigenvalue weighted by Gasteiger charge is 2.38. The minimum Gasteiger partial charge on any atom is -0.376 e. The summed E-state index contributed by atoms with van der Waals surface area (Å²) < 4.78 is 11.7. The number of piperidine rings is 1. The van der Waals surface area contributed by atoms with E-state index in [1.807, 2.05) is 4.90 Å². The van der Waals surface area contributed by atoms with E-state index < -0.39 is 0 Å². The van der Waals surface area contributed by atoms with Crippen LogP contribution in [0.4, 0.5) is 0 Å². The Balaban J connectivity index is 0.00000288. The molecule has 2 N–H and O–H groups in total. The van der Waals surface area contributed by atoms with Crippen molar-refractivity contribution >= 4 is 18.3 Å². The number of nitrogens with two attached hydrogens (primary N) is 1. The van der Waals surface area contributed by atoms with E-state index in [9.17, 15) is 4.79 Å². The normalized spacial score (nSPS) is 23.0. The Morgan fingerprint density at radius 3 is 2.38 bits per heavy atom. The molecule has 2 heterocycles. The Bertz CT molecular complexity index is 355. The van der Waals surface area contributed by atoms with Crippen molar-refractivity contribution in [3.63, 3.8) is 0 Å². The van der Waals surface area contributed by atoms with Gasteiger partial charge < -0.3 is 20.1 Å². The Hall–Kier alpha value is -0.360. The summed E-state index contributed by atoms with van der Waals surface area (Å²) in [6.07, 6.45) is 7.55. The van der Waals surface area contributed by atoms with Crippen molar-refractivity contribution in [3.05, 3.63) is 0 Å². The third-order valence-electron chi connectivity index (χ3n) is 5.72. The summed E-state index contributed by atoms with van der Waals surface area (Å²) in [5.41, 5.74) is 5.54. The third kappa shape index (κ3) is 5.32.